The lowest BCUT2D eigenvalue weighted by atomic mass is 10.1. The van der Waals surface area contributed by atoms with Crippen molar-refractivity contribution in [3.05, 3.63) is 34.1 Å². The molecule has 0 atom stereocenters. The van der Waals surface area contributed by atoms with Gasteiger partial charge in [-0.3, -0.25) is 4.79 Å². The summed E-state index contributed by atoms with van der Waals surface area (Å²) in [5, 5.41) is -0.533. The van der Waals surface area contributed by atoms with Crippen LogP contribution >= 0.6 is 11.6 Å². The van der Waals surface area contributed by atoms with Crippen LogP contribution < -0.4 is 0 Å². The van der Waals surface area contributed by atoms with E-state index in [4.69, 9.17) is 11.6 Å². The fourth-order valence-electron chi connectivity index (χ4n) is 1.07. The Balaban J connectivity index is 3.39. The van der Waals surface area contributed by atoms with Crippen LogP contribution in [-0.4, -0.2) is 5.78 Å². The van der Waals surface area contributed by atoms with Gasteiger partial charge in [-0.05, 0) is 19.1 Å². The van der Waals surface area contributed by atoms with Crippen molar-refractivity contribution in [1.82, 2.24) is 0 Å². The summed E-state index contributed by atoms with van der Waals surface area (Å²) >= 11 is 5.37. The number of alkyl halides is 3. The summed E-state index contributed by atoms with van der Waals surface area (Å²) in [6, 6.07) is 0.782. The smallest absolute Gasteiger partial charge is 0.294 e. The fourth-order valence-corrected chi connectivity index (χ4v) is 1.41. The van der Waals surface area contributed by atoms with Gasteiger partial charge in [0, 0.05) is 0 Å². The van der Waals surface area contributed by atoms with Gasteiger partial charge in [0.1, 0.15) is 5.82 Å². The number of ketones is 1. The molecule has 1 aromatic rings. The van der Waals surface area contributed by atoms with Crippen molar-refractivity contribution in [1.29, 1.82) is 0 Å². The van der Waals surface area contributed by atoms with Crippen LogP contribution in [-0.2, 0) is 6.18 Å². The van der Waals surface area contributed by atoms with Gasteiger partial charge < -0.3 is 0 Å². The van der Waals surface area contributed by atoms with Crippen LogP contribution in [0, 0.1) is 5.82 Å². The van der Waals surface area contributed by atoms with Crippen molar-refractivity contribution in [3.63, 3.8) is 0 Å². The van der Waals surface area contributed by atoms with E-state index in [1.807, 2.05) is 0 Å². The van der Waals surface area contributed by atoms with E-state index in [2.05, 4.69) is 0 Å². The highest BCUT2D eigenvalue weighted by molar-refractivity contribution is 6.34. The number of benzene rings is 1. The molecule has 1 rings (SSSR count). The van der Waals surface area contributed by atoms with Gasteiger partial charge in [0.15, 0.2) is 5.78 Å². The Hall–Kier alpha value is -1.10. The molecule has 1 nitrogen and oxygen atoms in total. The monoisotopic (exact) mass is 240 g/mol. The number of carbonyl (C=O) groups is 1. The summed E-state index contributed by atoms with van der Waals surface area (Å²) in [4.78, 5) is 10.8. The minimum atomic E-state index is -4.68. The summed E-state index contributed by atoms with van der Waals surface area (Å²) in [7, 11) is 0. The first-order valence-electron chi connectivity index (χ1n) is 3.80. The first-order valence-corrected chi connectivity index (χ1v) is 4.18. The van der Waals surface area contributed by atoms with Crippen LogP contribution in [0.2, 0.25) is 5.02 Å². The van der Waals surface area contributed by atoms with Crippen molar-refractivity contribution in [2.45, 2.75) is 13.1 Å². The molecule has 0 aliphatic heterocycles. The van der Waals surface area contributed by atoms with Crippen LogP contribution in [0.1, 0.15) is 22.8 Å². The topological polar surface area (TPSA) is 17.1 Å². The van der Waals surface area contributed by atoms with Gasteiger partial charge in [-0.25, -0.2) is 4.39 Å². The van der Waals surface area contributed by atoms with Crippen molar-refractivity contribution in [3.8, 4) is 0 Å². The van der Waals surface area contributed by atoms with E-state index in [9.17, 15) is 22.4 Å². The Kier molecular flexibility index (Phi) is 3.04. The zero-order valence-corrected chi connectivity index (χ0v) is 8.21. The van der Waals surface area contributed by atoms with Gasteiger partial charge in [-0.2, -0.15) is 13.2 Å². The summed E-state index contributed by atoms with van der Waals surface area (Å²) in [6.45, 7) is 1.03. The van der Waals surface area contributed by atoms with Crippen LogP contribution in [0.4, 0.5) is 17.6 Å². The van der Waals surface area contributed by atoms with Crippen LogP contribution in [0.25, 0.3) is 0 Å². The first kappa shape index (κ1) is 12.0. The minimum Gasteiger partial charge on any atom is -0.294 e. The van der Waals surface area contributed by atoms with Crippen LogP contribution in [0.15, 0.2) is 12.1 Å². The molecule has 0 heterocycles. The van der Waals surface area contributed by atoms with E-state index in [1.54, 1.807) is 0 Å². The number of hydrogen-bond acceptors (Lipinski definition) is 1. The number of Topliss-reactive ketones (excluding diaryl/α,β-unsaturated/α-hetero) is 1. The Morgan fingerprint density at radius 1 is 1.33 bits per heavy atom. The molecule has 0 aliphatic carbocycles. The maximum atomic E-state index is 13.1. The van der Waals surface area contributed by atoms with Gasteiger partial charge in [0.25, 0.3) is 0 Å². The molecule has 0 saturated carbocycles. The lowest BCUT2D eigenvalue weighted by Gasteiger charge is -2.09. The highest BCUT2D eigenvalue weighted by Crippen LogP contribution is 2.33. The van der Waals surface area contributed by atoms with Gasteiger partial charge in [-0.15, -0.1) is 0 Å². The van der Waals surface area contributed by atoms with Gasteiger partial charge >= 0.3 is 6.18 Å². The second-order valence-electron chi connectivity index (χ2n) is 2.87. The predicted octanol–water partition coefficient (Wildman–Crippen LogP) is 3.70. The lowest BCUT2D eigenvalue weighted by Crippen LogP contribution is -2.08. The largest absolute Gasteiger partial charge is 0.416 e. The van der Waals surface area contributed by atoms with E-state index in [0.29, 0.717) is 6.07 Å². The van der Waals surface area contributed by atoms with E-state index in [1.165, 1.54) is 0 Å². The summed E-state index contributed by atoms with van der Waals surface area (Å²) in [5.74, 6) is -1.98. The molecule has 0 bridgehead atoms. The second kappa shape index (κ2) is 3.81. The van der Waals surface area contributed by atoms with Gasteiger partial charge in [0.2, 0.25) is 0 Å². The molecule has 0 N–H and O–H groups in total. The molecule has 0 radical (unpaired) electrons. The molecule has 0 amide bonds. The molecule has 0 aromatic heterocycles. The van der Waals surface area contributed by atoms with Crippen molar-refractivity contribution >= 4 is 17.4 Å². The van der Waals surface area contributed by atoms with Crippen molar-refractivity contribution in [2.75, 3.05) is 0 Å². The highest BCUT2D eigenvalue weighted by Gasteiger charge is 2.32. The van der Waals surface area contributed by atoms with E-state index >= 15 is 0 Å². The third kappa shape index (κ3) is 2.47. The van der Waals surface area contributed by atoms with E-state index in [0.717, 1.165) is 6.92 Å². The van der Waals surface area contributed by atoms with Gasteiger partial charge in [0.05, 0.1) is 16.1 Å². The molecule has 1 aromatic carbocycles. The molecule has 0 saturated heterocycles. The summed E-state index contributed by atoms with van der Waals surface area (Å²) in [5.41, 5.74) is -1.74. The molecular formula is C9H5ClF4O. The molecule has 0 aliphatic rings. The Bertz CT molecular complexity index is 388. The summed E-state index contributed by atoms with van der Waals surface area (Å²) < 4.78 is 49.6. The Morgan fingerprint density at radius 2 is 1.87 bits per heavy atom. The maximum Gasteiger partial charge on any atom is 0.416 e. The number of hydrogen-bond donors (Lipinski definition) is 0. The first-order chi connectivity index (χ1) is 6.73. The molecule has 6 heteroatoms. The Morgan fingerprint density at radius 3 is 2.20 bits per heavy atom. The quantitative estimate of drug-likeness (QED) is 0.540. The highest BCUT2D eigenvalue weighted by atomic mass is 35.5. The normalized spacial score (nSPS) is 11.6. The average Bonchev–Trinajstić information content (AvgIpc) is 1.99. The fraction of sp³-hybridized carbons (Fsp3) is 0.222. The molecule has 0 fully saturated rings. The average molecular weight is 241 g/mol. The number of rotatable bonds is 1. The lowest BCUT2D eigenvalue weighted by molar-refractivity contribution is -0.137. The minimum absolute atomic E-state index is 0.253. The standard InChI is InChI=1S/C9H5ClF4O/c1-4(15)8-6(10)2-5(3-7(8)11)9(12,13)14/h2-3H,1H3. The van der Waals surface area contributed by atoms with E-state index in [-0.39, 0.29) is 6.07 Å². The molecule has 15 heavy (non-hydrogen) atoms. The van der Waals surface area contributed by atoms with Gasteiger partial charge in [-0.1, -0.05) is 11.6 Å². The Labute approximate surface area is 87.7 Å². The number of halogens is 5. The summed E-state index contributed by atoms with van der Waals surface area (Å²) in [6.07, 6.45) is -4.68. The third-order valence-corrected chi connectivity index (χ3v) is 2.02. The molecular weight excluding hydrogens is 236 g/mol. The molecule has 82 valence electrons. The third-order valence-electron chi connectivity index (χ3n) is 1.72. The van der Waals surface area contributed by atoms with Crippen LogP contribution in [0.3, 0.4) is 0 Å². The SMILES string of the molecule is CC(=O)c1c(F)cc(C(F)(F)F)cc1Cl. The number of carbonyl (C=O) groups excluding carboxylic acids is 1. The van der Waals surface area contributed by atoms with Crippen LogP contribution in [0.5, 0.6) is 0 Å². The maximum absolute atomic E-state index is 13.1. The second-order valence-corrected chi connectivity index (χ2v) is 3.28. The van der Waals surface area contributed by atoms with Crippen molar-refractivity contribution in [2.24, 2.45) is 0 Å². The molecule has 0 spiro atoms. The van der Waals surface area contributed by atoms with Crippen molar-refractivity contribution < 1.29 is 22.4 Å². The zero-order chi connectivity index (χ0) is 11.8. The zero-order valence-electron chi connectivity index (χ0n) is 7.45. The van der Waals surface area contributed by atoms with E-state index < -0.39 is 33.9 Å². The predicted molar refractivity (Wildman–Crippen MR) is 46.4 cm³/mol. The molecule has 0 unspecified atom stereocenters.